The highest BCUT2D eigenvalue weighted by Crippen LogP contribution is 2.31. The van der Waals surface area contributed by atoms with Crippen LogP contribution in [0.2, 0.25) is 0 Å². The van der Waals surface area contributed by atoms with Gasteiger partial charge in [-0.25, -0.2) is 15.0 Å². The number of fused-ring (bicyclic) bond motifs is 1. The molecule has 4 nitrogen and oxygen atoms in total. The first-order valence-corrected chi connectivity index (χ1v) is 12.2. The first-order chi connectivity index (χ1) is 13.4. The predicted molar refractivity (Wildman–Crippen MR) is 115 cm³/mol. The maximum atomic E-state index is 4.70. The number of thioether (sulfide) groups is 1. The second-order valence-electron chi connectivity index (χ2n) is 7.97. The van der Waals surface area contributed by atoms with Gasteiger partial charge in [-0.2, -0.15) is 0 Å². The molecule has 150 valence electrons. The molecular formula is C22H36N4S. The van der Waals surface area contributed by atoms with Gasteiger partial charge in [0.1, 0.15) is 16.9 Å². The highest BCUT2D eigenvalue weighted by molar-refractivity contribution is 7.99. The van der Waals surface area contributed by atoms with Crippen LogP contribution in [-0.2, 0) is 0 Å². The summed E-state index contributed by atoms with van der Waals surface area (Å²) >= 11 is 1.86. The van der Waals surface area contributed by atoms with Crippen molar-refractivity contribution in [3.63, 3.8) is 0 Å². The van der Waals surface area contributed by atoms with Crippen LogP contribution in [0.1, 0.15) is 103 Å². The van der Waals surface area contributed by atoms with Crippen LogP contribution in [-0.4, -0.2) is 25.3 Å². The van der Waals surface area contributed by atoms with E-state index < -0.39 is 0 Å². The molecule has 0 aliphatic heterocycles. The van der Waals surface area contributed by atoms with Crippen LogP contribution in [0.4, 0.5) is 0 Å². The second kappa shape index (κ2) is 11.7. The van der Waals surface area contributed by atoms with Crippen molar-refractivity contribution < 1.29 is 0 Å². The molecular weight excluding hydrogens is 352 g/mol. The standard InChI is InChI=1S/C22H36N4S/c1-2-3-4-5-6-7-10-13-16-27-22-20-21(23-17-24-22)26(18-25-20)19-14-11-8-9-12-15-19/h17-19H,2-16H2,1H3. The van der Waals surface area contributed by atoms with Crippen LogP contribution in [0.3, 0.4) is 0 Å². The Morgan fingerprint density at radius 3 is 2.33 bits per heavy atom. The summed E-state index contributed by atoms with van der Waals surface area (Å²) in [5.41, 5.74) is 2.04. The third-order valence-electron chi connectivity index (χ3n) is 5.78. The molecule has 0 saturated heterocycles. The van der Waals surface area contributed by atoms with E-state index in [9.17, 15) is 0 Å². The van der Waals surface area contributed by atoms with Gasteiger partial charge >= 0.3 is 0 Å². The average Bonchev–Trinajstić information content (AvgIpc) is 2.94. The van der Waals surface area contributed by atoms with Gasteiger partial charge in [-0.15, -0.1) is 11.8 Å². The second-order valence-corrected chi connectivity index (χ2v) is 9.06. The summed E-state index contributed by atoms with van der Waals surface area (Å²) in [6, 6.07) is 0.568. The summed E-state index contributed by atoms with van der Waals surface area (Å²) in [4.78, 5) is 13.8. The normalized spacial score (nSPS) is 16.0. The molecule has 1 fully saturated rings. The van der Waals surface area contributed by atoms with Gasteiger partial charge in [0.25, 0.3) is 0 Å². The summed E-state index contributed by atoms with van der Waals surface area (Å²) in [6.07, 6.45) is 22.6. The van der Waals surface area contributed by atoms with Crippen molar-refractivity contribution in [1.29, 1.82) is 0 Å². The number of unbranched alkanes of at least 4 members (excludes halogenated alkanes) is 7. The van der Waals surface area contributed by atoms with Gasteiger partial charge in [-0.3, -0.25) is 0 Å². The summed E-state index contributed by atoms with van der Waals surface area (Å²) in [7, 11) is 0. The molecule has 2 heterocycles. The zero-order chi connectivity index (χ0) is 18.7. The molecule has 2 aromatic heterocycles. The maximum absolute atomic E-state index is 4.70. The molecule has 0 spiro atoms. The Kier molecular flexibility index (Phi) is 8.92. The Balaban J connectivity index is 1.48. The Morgan fingerprint density at radius 1 is 0.889 bits per heavy atom. The third-order valence-corrected chi connectivity index (χ3v) is 6.84. The zero-order valence-electron chi connectivity index (χ0n) is 17.0. The molecule has 3 rings (SSSR count). The fraction of sp³-hybridized carbons (Fsp3) is 0.773. The minimum Gasteiger partial charge on any atom is -0.312 e. The summed E-state index contributed by atoms with van der Waals surface area (Å²) in [6.45, 7) is 2.28. The summed E-state index contributed by atoms with van der Waals surface area (Å²) in [5, 5.41) is 1.07. The lowest BCUT2D eigenvalue weighted by molar-refractivity contribution is 0.451. The number of hydrogen-bond donors (Lipinski definition) is 0. The molecule has 1 aliphatic carbocycles. The number of hydrogen-bond acceptors (Lipinski definition) is 4. The van der Waals surface area contributed by atoms with Crippen molar-refractivity contribution in [3.05, 3.63) is 12.7 Å². The molecule has 1 aliphatic rings. The van der Waals surface area contributed by atoms with E-state index in [1.807, 2.05) is 18.1 Å². The predicted octanol–water partition coefficient (Wildman–Crippen LogP) is 6.95. The van der Waals surface area contributed by atoms with E-state index in [1.54, 1.807) is 6.33 Å². The smallest absolute Gasteiger partial charge is 0.164 e. The fourth-order valence-corrected chi connectivity index (χ4v) is 5.09. The minimum absolute atomic E-state index is 0.568. The van der Waals surface area contributed by atoms with Crippen molar-refractivity contribution in [2.24, 2.45) is 0 Å². The topological polar surface area (TPSA) is 43.6 Å². The van der Waals surface area contributed by atoms with Gasteiger partial charge in [-0.05, 0) is 25.0 Å². The molecule has 27 heavy (non-hydrogen) atoms. The van der Waals surface area contributed by atoms with Gasteiger partial charge < -0.3 is 4.57 Å². The van der Waals surface area contributed by atoms with Crippen LogP contribution in [0.5, 0.6) is 0 Å². The number of nitrogens with zero attached hydrogens (tertiary/aromatic N) is 4. The molecule has 2 aromatic rings. The number of imidazole rings is 1. The number of rotatable bonds is 11. The highest BCUT2D eigenvalue weighted by atomic mass is 32.2. The Morgan fingerprint density at radius 2 is 1.59 bits per heavy atom. The van der Waals surface area contributed by atoms with Crippen molar-refractivity contribution >= 4 is 22.9 Å². The van der Waals surface area contributed by atoms with Crippen molar-refractivity contribution in [2.75, 3.05) is 5.75 Å². The van der Waals surface area contributed by atoms with Gasteiger partial charge in [0.2, 0.25) is 0 Å². The van der Waals surface area contributed by atoms with Gasteiger partial charge in [0, 0.05) is 6.04 Å². The molecule has 0 aromatic carbocycles. The van der Waals surface area contributed by atoms with Crippen LogP contribution in [0, 0.1) is 0 Å². The van der Waals surface area contributed by atoms with Crippen LogP contribution in [0.15, 0.2) is 17.7 Å². The van der Waals surface area contributed by atoms with E-state index in [1.165, 1.54) is 89.9 Å². The van der Waals surface area contributed by atoms with Crippen molar-refractivity contribution in [2.45, 2.75) is 108 Å². The Bertz CT molecular complexity index is 661. The Hall–Kier alpha value is -1.10. The largest absolute Gasteiger partial charge is 0.312 e. The maximum Gasteiger partial charge on any atom is 0.164 e. The van der Waals surface area contributed by atoms with Gasteiger partial charge in [0.05, 0.1) is 6.33 Å². The molecule has 0 radical (unpaired) electrons. The third kappa shape index (κ3) is 6.20. The van der Waals surface area contributed by atoms with E-state index >= 15 is 0 Å². The van der Waals surface area contributed by atoms with Gasteiger partial charge in [0.15, 0.2) is 5.65 Å². The van der Waals surface area contributed by atoms with Crippen LogP contribution < -0.4 is 0 Å². The van der Waals surface area contributed by atoms with E-state index in [0.29, 0.717) is 6.04 Å². The van der Waals surface area contributed by atoms with Crippen LogP contribution >= 0.6 is 11.8 Å². The van der Waals surface area contributed by atoms with Crippen molar-refractivity contribution in [3.8, 4) is 0 Å². The molecule has 0 unspecified atom stereocenters. The molecule has 5 heteroatoms. The lowest BCUT2D eigenvalue weighted by atomic mass is 10.1. The quantitative estimate of drug-likeness (QED) is 0.181. The first-order valence-electron chi connectivity index (χ1n) is 11.2. The number of aromatic nitrogens is 4. The van der Waals surface area contributed by atoms with Gasteiger partial charge in [-0.1, -0.05) is 77.6 Å². The lowest BCUT2D eigenvalue weighted by Gasteiger charge is -2.16. The summed E-state index contributed by atoms with van der Waals surface area (Å²) < 4.78 is 2.32. The van der Waals surface area contributed by atoms with E-state index in [-0.39, 0.29) is 0 Å². The Labute approximate surface area is 169 Å². The fourth-order valence-electron chi connectivity index (χ4n) is 4.14. The SMILES string of the molecule is CCCCCCCCCCSc1ncnc2c1ncn2C1CCCCCC1. The molecule has 0 amide bonds. The average molecular weight is 389 g/mol. The molecule has 0 bridgehead atoms. The molecule has 0 atom stereocenters. The van der Waals surface area contributed by atoms with Crippen molar-refractivity contribution in [1.82, 2.24) is 19.5 Å². The summed E-state index contributed by atoms with van der Waals surface area (Å²) in [5.74, 6) is 1.14. The molecule has 1 saturated carbocycles. The van der Waals surface area contributed by atoms with Crippen LogP contribution in [0.25, 0.3) is 11.2 Å². The molecule has 0 N–H and O–H groups in total. The highest BCUT2D eigenvalue weighted by Gasteiger charge is 2.18. The first kappa shape index (κ1) is 20.6. The monoisotopic (exact) mass is 388 g/mol. The van der Waals surface area contributed by atoms with E-state index in [4.69, 9.17) is 4.98 Å². The zero-order valence-corrected chi connectivity index (χ0v) is 17.9. The van der Waals surface area contributed by atoms with E-state index in [2.05, 4.69) is 21.5 Å². The minimum atomic E-state index is 0.568. The lowest BCUT2D eigenvalue weighted by Crippen LogP contribution is -2.07. The van der Waals surface area contributed by atoms with E-state index in [0.717, 1.165) is 21.9 Å².